The average molecular weight is 346 g/mol. The Morgan fingerprint density at radius 3 is 2.56 bits per heavy atom. The Balaban J connectivity index is 2.08. The van der Waals surface area contributed by atoms with Crippen molar-refractivity contribution in [2.45, 2.75) is 46.3 Å². The van der Waals surface area contributed by atoms with E-state index in [1.54, 1.807) is 27.7 Å². The largest absolute Gasteiger partial charge is 0.504 e. The third-order valence-electron chi connectivity index (χ3n) is 5.31. The smallest absolute Gasteiger partial charge is 0.334 e. The van der Waals surface area contributed by atoms with Gasteiger partial charge in [-0.1, -0.05) is 26.0 Å². The first-order valence-electron chi connectivity index (χ1n) is 8.39. The summed E-state index contributed by atoms with van der Waals surface area (Å²) in [4.78, 5) is 36.7. The number of aliphatic hydroxyl groups excluding tert-OH is 1. The molecule has 0 aromatic rings. The van der Waals surface area contributed by atoms with Gasteiger partial charge in [0.2, 0.25) is 5.78 Å². The normalized spacial score (nSPS) is 32.0. The lowest BCUT2D eigenvalue weighted by Gasteiger charge is -2.28. The van der Waals surface area contributed by atoms with Crippen LogP contribution < -0.4 is 0 Å². The lowest BCUT2D eigenvalue weighted by molar-refractivity contribution is -0.156. The lowest BCUT2D eigenvalue weighted by Crippen LogP contribution is -2.36. The van der Waals surface area contributed by atoms with E-state index in [1.165, 1.54) is 0 Å². The Bertz CT molecular complexity index is 754. The molecule has 0 bridgehead atoms. The number of ketones is 1. The van der Waals surface area contributed by atoms with Crippen molar-refractivity contribution in [3.8, 4) is 0 Å². The van der Waals surface area contributed by atoms with Crippen LogP contribution >= 0.6 is 0 Å². The van der Waals surface area contributed by atoms with Gasteiger partial charge in [0.05, 0.1) is 17.8 Å². The number of carbonyl (C=O) groups is 3. The third-order valence-corrected chi connectivity index (χ3v) is 5.31. The van der Waals surface area contributed by atoms with E-state index in [1.807, 2.05) is 0 Å². The summed E-state index contributed by atoms with van der Waals surface area (Å²) < 4.78 is 11.1. The number of aliphatic hydroxyl groups is 1. The molecule has 3 rings (SSSR count). The van der Waals surface area contributed by atoms with E-state index in [0.29, 0.717) is 17.6 Å². The van der Waals surface area contributed by atoms with Gasteiger partial charge in [-0.05, 0) is 19.4 Å². The van der Waals surface area contributed by atoms with Crippen LogP contribution in [-0.4, -0.2) is 35.0 Å². The minimum Gasteiger partial charge on any atom is -0.504 e. The minimum absolute atomic E-state index is 0.243. The molecule has 134 valence electrons. The highest BCUT2D eigenvalue weighted by Gasteiger charge is 2.55. The molecule has 2 aliphatic carbocycles. The van der Waals surface area contributed by atoms with Crippen LogP contribution in [0.25, 0.3) is 0 Å². The lowest BCUT2D eigenvalue weighted by atomic mass is 9.82. The van der Waals surface area contributed by atoms with Crippen molar-refractivity contribution in [1.29, 1.82) is 0 Å². The van der Waals surface area contributed by atoms with Crippen LogP contribution in [0, 0.1) is 17.8 Å². The molecule has 1 fully saturated rings. The molecule has 0 aromatic carbocycles. The average Bonchev–Trinajstić information content (AvgIpc) is 2.90. The molecule has 4 atom stereocenters. The van der Waals surface area contributed by atoms with Crippen LogP contribution in [0.1, 0.15) is 34.1 Å². The van der Waals surface area contributed by atoms with Crippen molar-refractivity contribution < 1.29 is 29.0 Å². The molecule has 0 unspecified atom stereocenters. The fourth-order valence-corrected chi connectivity index (χ4v) is 3.94. The van der Waals surface area contributed by atoms with Gasteiger partial charge in [-0.25, -0.2) is 4.79 Å². The molecule has 25 heavy (non-hydrogen) atoms. The zero-order valence-corrected chi connectivity index (χ0v) is 14.8. The van der Waals surface area contributed by atoms with E-state index in [4.69, 9.17) is 9.47 Å². The molecule has 0 spiro atoms. The van der Waals surface area contributed by atoms with Crippen LogP contribution in [0.3, 0.4) is 0 Å². The molecule has 1 N–H and O–H groups in total. The van der Waals surface area contributed by atoms with Crippen molar-refractivity contribution in [3.63, 3.8) is 0 Å². The highest BCUT2D eigenvalue weighted by atomic mass is 16.6. The summed E-state index contributed by atoms with van der Waals surface area (Å²) in [5, 5.41) is 10.1. The van der Waals surface area contributed by atoms with Gasteiger partial charge in [0.15, 0.2) is 5.76 Å². The van der Waals surface area contributed by atoms with E-state index >= 15 is 0 Å². The third kappa shape index (κ3) is 2.51. The zero-order valence-electron chi connectivity index (χ0n) is 14.8. The quantitative estimate of drug-likeness (QED) is 0.610. The van der Waals surface area contributed by atoms with Crippen molar-refractivity contribution in [1.82, 2.24) is 0 Å². The maximum absolute atomic E-state index is 12.5. The molecule has 1 heterocycles. The second-order valence-corrected chi connectivity index (χ2v) is 7.29. The molecule has 0 aromatic heterocycles. The second-order valence-electron chi connectivity index (χ2n) is 7.29. The predicted molar refractivity (Wildman–Crippen MR) is 88.4 cm³/mol. The van der Waals surface area contributed by atoms with E-state index in [9.17, 15) is 19.5 Å². The summed E-state index contributed by atoms with van der Waals surface area (Å²) in [6.45, 7) is 10.7. The summed E-state index contributed by atoms with van der Waals surface area (Å²) in [7, 11) is 0. The molecule has 0 amide bonds. The molecular formula is C19H22O6. The van der Waals surface area contributed by atoms with Crippen molar-refractivity contribution in [2.24, 2.45) is 17.8 Å². The Hall–Kier alpha value is -2.37. The summed E-state index contributed by atoms with van der Waals surface area (Å²) in [5.41, 5.74) is 1.90. The fraction of sp³-hybridized carbons (Fsp3) is 0.526. The second kappa shape index (κ2) is 5.86. The van der Waals surface area contributed by atoms with E-state index in [-0.39, 0.29) is 23.2 Å². The predicted octanol–water partition coefficient (Wildman–Crippen LogP) is 2.40. The van der Waals surface area contributed by atoms with Crippen LogP contribution in [0.15, 0.2) is 34.6 Å². The van der Waals surface area contributed by atoms with Gasteiger partial charge >= 0.3 is 11.9 Å². The van der Waals surface area contributed by atoms with Crippen molar-refractivity contribution >= 4 is 17.7 Å². The molecule has 6 heteroatoms. The number of hydrogen-bond acceptors (Lipinski definition) is 6. The first-order valence-corrected chi connectivity index (χ1v) is 8.39. The fourth-order valence-electron chi connectivity index (χ4n) is 3.94. The number of ether oxygens (including phenoxy) is 2. The van der Waals surface area contributed by atoms with Gasteiger partial charge < -0.3 is 14.6 Å². The van der Waals surface area contributed by atoms with Crippen molar-refractivity contribution in [2.75, 3.05) is 0 Å². The molecule has 0 radical (unpaired) electrons. The van der Waals surface area contributed by atoms with Crippen LogP contribution in [-0.2, 0) is 23.9 Å². The van der Waals surface area contributed by atoms with E-state index < -0.39 is 35.8 Å². The number of Topliss-reactive ketones (excluding diaryl/α,β-unsaturated/α-hetero) is 1. The number of esters is 2. The Kier molecular flexibility index (Phi) is 4.09. The molecule has 3 aliphatic rings. The van der Waals surface area contributed by atoms with Crippen LogP contribution in [0.5, 0.6) is 0 Å². The Morgan fingerprint density at radius 1 is 1.32 bits per heavy atom. The molecule has 1 saturated heterocycles. The highest BCUT2D eigenvalue weighted by Crippen LogP contribution is 2.49. The Morgan fingerprint density at radius 2 is 1.96 bits per heavy atom. The Labute approximate surface area is 146 Å². The first kappa shape index (κ1) is 17.5. The molecule has 6 nitrogen and oxygen atoms in total. The number of fused-ring (bicyclic) bond motifs is 3. The van der Waals surface area contributed by atoms with Crippen molar-refractivity contribution in [3.05, 3.63) is 34.6 Å². The molecule has 1 aliphatic heterocycles. The first-order chi connectivity index (χ1) is 11.6. The number of carbonyl (C=O) groups excluding carboxylic acids is 3. The maximum atomic E-state index is 12.5. The van der Waals surface area contributed by atoms with E-state index in [2.05, 4.69) is 6.58 Å². The van der Waals surface area contributed by atoms with Gasteiger partial charge in [0.25, 0.3) is 0 Å². The number of allylic oxidation sites excluding steroid dienone is 1. The summed E-state index contributed by atoms with van der Waals surface area (Å²) >= 11 is 0. The minimum atomic E-state index is -0.703. The van der Waals surface area contributed by atoms with Crippen LogP contribution in [0.2, 0.25) is 0 Å². The van der Waals surface area contributed by atoms with Crippen LogP contribution in [0.4, 0.5) is 0 Å². The monoisotopic (exact) mass is 346 g/mol. The van der Waals surface area contributed by atoms with Gasteiger partial charge in [-0.2, -0.15) is 0 Å². The topological polar surface area (TPSA) is 89.9 Å². The van der Waals surface area contributed by atoms with Gasteiger partial charge in [0, 0.05) is 17.6 Å². The maximum Gasteiger partial charge on any atom is 0.334 e. The van der Waals surface area contributed by atoms with E-state index in [0.717, 1.165) is 5.57 Å². The molecule has 0 saturated carbocycles. The van der Waals surface area contributed by atoms with Gasteiger partial charge in [0.1, 0.15) is 12.2 Å². The van der Waals surface area contributed by atoms with Gasteiger partial charge in [-0.15, -0.1) is 0 Å². The van der Waals surface area contributed by atoms with Gasteiger partial charge in [-0.3, -0.25) is 9.59 Å². The summed E-state index contributed by atoms with van der Waals surface area (Å²) in [6.07, 6.45) is -1.03. The zero-order chi connectivity index (χ0) is 18.6. The molecular weight excluding hydrogens is 324 g/mol. The summed E-state index contributed by atoms with van der Waals surface area (Å²) in [6, 6.07) is 0. The SMILES string of the molecule is C=C1C(=O)O[C@@H]2[C@H]3C(C)=C(O)C(=O)C3=C(C)C[C@@H](OC(=O)C(C)C)[C@@H]12. The standard InChI is InChI=1S/C19H22O6/c1-7(2)18(22)24-11-6-8(3)12-14(9(4)15(20)16(12)21)17-13(11)10(5)19(23)25-17/h7,11,13-14,17,20H,5-6H2,1-4H3/t11-,13-,14+,17+/m1/s1. The summed E-state index contributed by atoms with van der Waals surface area (Å²) in [5.74, 6) is -3.03. The number of rotatable bonds is 2. The highest BCUT2D eigenvalue weighted by molar-refractivity contribution is 6.11. The number of hydrogen-bond donors (Lipinski definition) is 1.